The second-order valence-corrected chi connectivity index (χ2v) is 4.51. The normalized spacial score (nSPS) is 12.7. The molecule has 0 fully saturated rings. The number of thioether (sulfide) groups is 1. The Bertz CT molecular complexity index is 253. The zero-order valence-corrected chi connectivity index (χ0v) is 9.96. The van der Waals surface area contributed by atoms with Crippen LogP contribution in [0.1, 0.15) is 12.0 Å². The third-order valence-electron chi connectivity index (χ3n) is 2.33. The molecular formula is C12H19NOS. The lowest BCUT2D eigenvalue weighted by Gasteiger charge is -2.15. The Kier molecular flexibility index (Phi) is 6.48. The zero-order valence-electron chi connectivity index (χ0n) is 9.15. The quantitative estimate of drug-likeness (QED) is 0.743. The van der Waals surface area contributed by atoms with Crippen LogP contribution in [0, 0.1) is 0 Å². The molecule has 84 valence electrons. The van der Waals surface area contributed by atoms with Gasteiger partial charge < -0.3 is 10.4 Å². The molecule has 0 aliphatic heterocycles. The highest BCUT2D eigenvalue weighted by Crippen LogP contribution is 2.02. The van der Waals surface area contributed by atoms with Crippen LogP contribution < -0.4 is 5.32 Å². The molecule has 0 heterocycles. The predicted molar refractivity (Wildman–Crippen MR) is 67.2 cm³/mol. The van der Waals surface area contributed by atoms with Gasteiger partial charge in [0.2, 0.25) is 0 Å². The first-order chi connectivity index (χ1) is 7.36. The first-order valence-electron chi connectivity index (χ1n) is 5.24. The van der Waals surface area contributed by atoms with Gasteiger partial charge in [0, 0.05) is 12.6 Å². The molecule has 0 radical (unpaired) electrons. The van der Waals surface area contributed by atoms with Crippen LogP contribution in [0.5, 0.6) is 0 Å². The topological polar surface area (TPSA) is 32.3 Å². The summed E-state index contributed by atoms with van der Waals surface area (Å²) in [4.78, 5) is 0. The maximum Gasteiger partial charge on any atom is 0.0585 e. The standard InChI is InChI=1S/C12H19NOS/c1-15-8-7-12(10-14)13-9-11-5-3-2-4-6-11/h2-6,12-14H,7-10H2,1H3/t12-/m0/s1. The lowest BCUT2D eigenvalue weighted by Crippen LogP contribution is -2.32. The Morgan fingerprint density at radius 2 is 2.07 bits per heavy atom. The van der Waals surface area contributed by atoms with Gasteiger partial charge in [-0.3, -0.25) is 0 Å². The van der Waals surface area contributed by atoms with Crippen LogP contribution >= 0.6 is 11.8 Å². The average Bonchev–Trinajstić information content (AvgIpc) is 2.31. The van der Waals surface area contributed by atoms with Gasteiger partial charge >= 0.3 is 0 Å². The third-order valence-corrected chi connectivity index (χ3v) is 2.97. The van der Waals surface area contributed by atoms with Gasteiger partial charge in [0.15, 0.2) is 0 Å². The highest BCUT2D eigenvalue weighted by atomic mass is 32.2. The summed E-state index contributed by atoms with van der Waals surface area (Å²) in [5, 5.41) is 12.5. The van der Waals surface area contributed by atoms with Crippen molar-refractivity contribution in [2.45, 2.75) is 19.0 Å². The molecule has 0 amide bonds. The van der Waals surface area contributed by atoms with E-state index >= 15 is 0 Å². The van der Waals surface area contributed by atoms with E-state index < -0.39 is 0 Å². The number of aliphatic hydroxyl groups excluding tert-OH is 1. The summed E-state index contributed by atoms with van der Waals surface area (Å²) in [5.41, 5.74) is 1.26. The monoisotopic (exact) mass is 225 g/mol. The van der Waals surface area contributed by atoms with Crippen LogP contribution in [-0.2, 0) is 6.54 Å². The van der Waals surface area contributed by atoms with E-state index in [0.717, 1.165) is 18.7 Å². The fourth-order valence-electron chi connectivity index (χ4n) is 1.38. The molecule has 2 N–H and O–H groups in total. The molecule has 0 aliphatic carbocycles. The maximum absolute atomic E-state index is 9.16. The minimum Gasteiger partial charge on any atom is -0.395 e. The highest BCUT2D eigenvalue weighted by molar-refractivity contribution is 7.98. The molecule has 0 saturated heterocycles. The van der Waals surface area contributed by atoms with Gasteiger partial charge in [0.25, 0.3) is 0 Å². The summed E-state index contributed by atoms with van der Waals surface area (Å²) in [5.74, 6) is 1.09. The SMILES string of the molecule is CSCC[C@@H](CO)NCc1ccccc1. The molecule has 1 atom stereocenters. The molecule has 15 heavy (non-hydrogen) atoms. The lowest BCUT2D eigenvalue weighted by molar-refractivity contribution is 0.239. The van der Waals surface area contributed by atoms with Crippen molar-refractivity contribution in [1.29, 1.82) is 0 Å². The molecule has 0 unspecified atom stereocenters. The van der Waals surface area contributed by atoms with E-state index in [1.54, 1.807) is 0 Å². The molecule has 3 heteroatoms. The Morgan fingerprint density at radius 1 is 1.33 bits per heavy atom. The fraction of sp³-hybridized carbons (Fsp3) is 0.500. The van der Waals surface area contributed by atoms with Gasteiger partial charge in [-0.1, -0.05) is 30.3 Å². The van der Waals surface area contributed by atoms with Crippen LogP contribution in [-0.4, -0.2) is 29.8 Å². The molecule has 0 spiro atoms. The largest absolute Gasteiger partial charge is 0.395 e. The maximum atomic E-state index is 9.16. The van der Waals surface area contributed by atoms with Gasteiger partial charge in [-0.05, 0) is 24.0 Å². The molecule has 0 aliphatic rings. The minimum absolute atomic E-state index is 0.216. The van der Waals surface area contributed by atoms with Gasteiger partial charge in [0.1, 0.15) is 0 Å². The van der Waals surface area contributed by atoms with Crippen LogP contribution in [0.15, 0.2) is 30.3 Å². The summed E-state index contributed by atoms with van der Waals surface area (Å²) in [7, 11) is 0. The number of rotatable bonds is 7. The van der Waals surface area contributed by atoms with Gasteiger partial charge in [-0.25, -0.2) is 0 Å². The van der Waals surface area contributed by atoms with Gasteiger partial charge in [-0.2, -0.15) is 11.8 Å². The summed E-state index contributed by atoms with van der Waals surface area (Å²) in [6.45, 7) is 1.05. The number of benzene rings is 1. The first kappa shape index (κ1) is 12.6. The summed E-state index contributed by atoms with van der Waals surface area (Å²) < 4.78 is 0. The summed E-state index contributed by atoms with van der Waals surface area (Å²) >= 11 is 1.82. The number of aliphatic hydroxyl groups is 1. The van der Waals surface area contributed by atoms with E-state index in [1.807, 2.05) is 30.0 Å². The van der Waals surface area contributed by atoms with Crippen molar-refractivity contribution in [3.8, 4) is 0 Å². The second-order valence-electron chi connectivity index (χ2n) is 3.53. The molecule has 0 saturated carbocycles. The number of hydrogen-bond donors (Lipinski definition) is 2. The Hall–Kier alpha value is -0.510. The van der Waals surface area contributed by atoms with Crippen molar-refractivity contribution >= 4 is 11.8 Å². The molecule has 1 aromatic carbocycles. The van der Waals surface area contributed by atoms with Crippen molar-refractivity contribution < 1.29 is 5.11 Å². The molecular weight excluding hydrogens is 206 g/mol. The number of nitrogens with one attached hydrogen (secondary N) is 1. The lowest BCUT2D eigenvalue weighted by atomic mass is 10.2. The molecule has 0 bridgehead atoms. The zero-order chi connectivity index (χ0) is 10.9. The minimum atomic E-state index is 0.216. The summed E-state index contributed by atoms with van der Waals surface area (Å²) in [6, 6.07) is 10.5. The van der Waals surface area contributed by atoms with Crippen molar-refractivity contribution in [3.05, 3.63) is 35.9 Å². The average molecular weight is 225 g/mol. The molecule has 2 nitrogen and oxygen atoms in total. The van der Waals surface area contributed by atoms with Crippen LogP contribution in [0.3, 0.4) is 0 Å². The third kappa shape index (κ3) is 5.21. The van der Waals surface area contributed by atoms with E-state index in [4.69, 9.17) is 5.11 Å². The Morgan fingerprint density at radius 3 is 2.67 bits per heavy atom. The van der Waals surface area contributed by atoms with E-state index in [9.17, 15) is 0 Å². The first-order valence-corrected chi connectivity index (χ1v) is 6.63. The van der Waals surface area contributed by atoms with Crippen LogP contribution in [0.4, 0.5) is 0 Å². The van der Waals surface area contributed by atoms with E-state index in [0.29, 0.717) is 0 Å². The fourth-order valence-corrected chi connectivity index (χ4v) is 1.90. The Balaban J connectivity index is 2.28. The molecule has 1 aromatic rings. The van der Waals surface area contributed by atoms with Crippen LogP contribution in [0.25, 0.3) is 0 Å². The van der Waals surface area contributed by atoms with E-state index in [1.165, 1.54) is 5.56 Å². The summed E-state index contributed by atoms with van der Waals surface area (Å²) in [6.07, 6.45) is 3.11. The van der Waals surface area contributed by atoms with Crippen molar-refractivity contribution in [2.24, 2.45) is 0 Å². The molecule has 1 rings (SSSR count). The second kappa shape index (κ2) is 7.74. The van der Waals surface area contributed by atoms with E-state index in [2.05, 4.69) is 23.7 Å². The predicted octanol–water partition coefficient (Wildman–Crippen LogP) is 1.89. The molecule has 0 aromatic heterocycles. The van der Waals surface area contributed by atoms with Crippen molar-refractivity contribution in [1.82, 2.24) is 5.32 Å². The Labute approximate surface area is 96.1 Å². The smallest absolute Gasteiger partial charge is 0.0585 e. The van der Waals surface area contributed by atoms with Crippen molar-refractivity contribution in [2.75, 3.05) is 18.6 Å². The van der Waals surface area contributed by atoms with Crippen molar-refractivity contribution in [3.63, 3.8) is 0 Å². The van der Waals surface area contributed by atoms with Gasteiger partial charge in [0.05, 0.1) is 6.61 Å². The van der Waals surface area contributed by atoms with E-state index in [-0.39, 0.29) is 12.6 Å². The number of hydrogen-bond acceptors (Lipinski definition) is 3. The van der Waals surface area contributed by atoms with Crippen LogP contribution in [0.2, 0.25) is 0 Å². The highest BCUT2D eigenvalue weighted by Gasteiger charge is 2.05. The van der Waals surface area contributed by atoms with Gasteiger partial charge in [-0.15, -0.1) is 0 Å².